The van der Waals surface area contributed by atoms with Gasteiger partial charge in [-0.05, 0) is 18.4 Å². The largest absolute Gasteiger partial charge is 0.396 e. The van der Waals surface area contributed by atoms with Gasteiger partial charge in [0, 0.05) is 11.8 Å². The topological polar surface area (TPSA) is 71.2 Å². The summed E-state index contributed by atoms with van der Waals surface area (Å²) in [7, 11) is 0. The second-order valence-corrected chi connectivity index (χ2v) is 6.33. The monoisotopic (exact) mass is 303 g/mol. The van der Waals surface area contributed by atoms with E-state index in [1.165, 1.54) is 0 Å². The minimum atomic E-state index is -1.18. The Labute approximate surface area is 127 Å². The Morgan fingerprint density at radius 1 is 1.32 bits per heavy atom. The Balaban J connectivity index is 1.69. The molecule has 4 rings (SSSR count). The lowest BCUT2D eigenvalue weighted by atomic mass is 10.00. The van der Waals surface area contributed by atoms with Gasteiger partial charge in [0.2, 0.25) is 0 Å². The van der Waals surface area contributed by atoms with Crippen LogP contribution in [0, 0.1) is 5.41 Å². The highest BCUT2D eigenvalue weighted by molar-refractivity contribution is 5.24. The fraction of sp³-hybridized carbons (Fsp3) is 0.500. The Morgan fingerprint density at radius 2 is 2.05 bits per heavy atom. The second kappa shape index (κ2) is 4.86. The van der Waals surface area contributed by atoms with Crippen molar-refractivity contribution in [2.75, 3.05) is 6.61 Å². The Kier molecular flexibility index (Phi) is 3.06. The molecule has 116 valence electrons. The van der Waals surface area contributed by atoms with E-state index in [1.807, 2.05) is 30.3 Å². The van der Waals surface area contributed by atoms with E-state index in [0.717, 1.165) is 18.4 Å². The van der Waals surface area contributed by atoms with E-state index in [-0.39, 0.29) is 24.3 Å². The fourth-order valence-corrected chi connectivity index (χ4v) is 3.22. The quantitative estimate of drug-likeness (QED) is 0.907. The van der Waals surface area contributed by atoms with E-state index < -0.39 is 17.7 Å². The second-order valence-electron chi connectivity index (χ2n) is 6.33. The van der Waals surface area contributed by atoms with Gasteiger partial charge in [0.25, 0.3) is 0 Å². The van der Waals surface area contributed by atoms with Crippen molar-refractivity contribution >= 4 is 0 Å². The van der Waals surface area contributed by atoms with E-state index >= 15 is 0 Å². The minimum Gasteiger partial charge on any atom is -0.396 e. The summed E-state index contributed by atoms with van der Waals surface area (Å²) in [5.74, 6) is 0.501. The van der Waals surface area contributed by atoms with Crippen molar-refractivity contribution in [2.24, 2.45) is 5.41 Å². The molecule has 1 aliphatic carbocycles. The number of nitrogens with zero attached hydrogens (tertiary/aromatic N) is 3. The molecule has 1 aliphatic heterocycles. The number of aliphatic hydroxyl groups is 2. The van der Waals surface area contributed by atoms with Crippen molar-refractivity contribution in [3.05, 3.63) is 47.5 Å². The Morgan fingerprint density at radius 3 is 2.68 bits per heavy atom. The molecule has 22 heavy (non-hydrogen) atoms. The number of halogens is 1. The van der Waals surface area contributed by atoms with Crippen LogP contribution < -0.4 is 0 Å². The first-order valence-electron chi connectivity index (χ1n) is 7.59. The third kappa shape index (κ3) is 1.98. The first-order chi connectivity index (χ1) is 10.6. The van der Waals surface area contributed by atoms with Crippen molar-refractivity contribution in [2.45, 2.75) is 37.6 Å². The summed E-state index contributed by atoms with van der Waals surface area (Å²) < 4.78 is 15.9. The molecule has 1 saturated carbocycles. The standard InChI is InChI=1S/C16H18FN3O2/c17-11-8-12(10-4-2-1-3-5-10)20-15(11)18-14(19-20)13(22)16(9-21)6-7-16/h1-5,11-13,21-22H,6-9H2/t11-,12-,13?/m0/s1. The number of alkyl halides is 1. The number of benzene rings is 1. The molecule has 2 aromatic rings. The molecular formula is C16H18FN3O2. The lowest BCUT2D eigenvalue weighted by molar-refractivity contribution is 0.0433. The van der Waals surface area contributed by atoms with Crippen LogP contribution in [0.5, 0.6) is 0 Å². The van der Waals surface area contributed by atoms with Crippen molar-refractivity contribution in [1.29, 1.82) is 0 Å². The van der Waals surface area contributed by atoms with Crippen molar-refractivity contribution in [3.8, 4) is 0 Å². The van der Waals surface area contributed by atoms with E-state index in [1.54, 1.807) is 4.68 Å². The summed E-state index contributed by atoms with van der Waals surface area (Å²) in [5.41, 5.74) is 0.453. The third-order valence-electron chi connectivity index (χ3n) is 4.90. The zero-order valence-corrected chi connectivity index (χ0v) is 12.1. The molecule has 1 aromatic heterocycles. The van der Waals surface area contributed by atoms with Crippen LogP contribution in [0.1, 0.15) is 54.8 Å². The highest BCUT2D eigenvalue weighted by Crippen LogP contribution is 2.54. The van der Waals surface area contributed by atoms with Crippen LogP contribution in [-0.2, 0) is 0 Å². The molecule has 5 nitrogen and oxygen atoms in total. The summed E-state index contributed by atoms with van der Waals surface area (Å²) in [4.78, 5) is 4.22. The highest BCUT2D eigenvalue weighted by atomic mass is 19.1. The van der Waals surface area contributed by atoms with Crippen molar-refractivity contribution in [1.82, 2.24) is 14.8 Å². The van der Waals surface area contributed by atoms with Crippen LogP contribution >= 0.6 is 0 Å². The summed E-state index contributed by atoms with van der Waals surface area (Å²) in [6.07, 6.45) is -0.297. The Bertz CT molecular complexity index is 684. The van der Waals surface area contributed by atoms with Crippen LogP contribution in [0.3, 0.4) is 0 Å². The molecule has 1 fully saturated rings. The third-order valence-corrected chi connectivity index (χ3v) is 4.90. The molecule has 0 amide bonds. The molecule has 1 aromatic carbocycles. The number of hydrogen-bond donors (Lipinski definition) is 2. The van der Waals surface area contributed by atoms with Gasteiger partial charge < -0.3 is 10.2 Å². The van der Waals surface area contributed by atoms with Crippen LogP contribution in [-0.4, -0.2) is 31.6 Å². The summed E-state index contributed by atoms with van der Waals surface area (Å²) in [6, 6.07) is 9.45. The molecule has 1 unspecified atom stereocenters. The molecule has 2 aliphatic rings. The molecule has 3 atom stereocenters. The number of hydrogen-bond acceptors (Lipinski definition) is 4. The number of rotatable bonds is 4. The zero-order valence-electron chi connectivity index (χ0n) is 12.1. The van der Waals surface area contributed by atoms with Crippen molar-refractivity contribution < 1.29 is 14.6 Å². The highest BCUT2D eigenvalue weighted by Gasteiger charge is 2.51. The van der Waals surface area contributed by atoms with Gasteiger partial charge in [-0.1, -0.05) is 30.3 Å². The maximum Gasteiger partial charge on any atom is 0.180 e. The van der Waals surface area contributed by atoms with Crippen LogP contribution in [0.4, 0.5) is 4.39 Å². The van der Waals surface area contributed by atoms with Crippen molar-refractivity contribution in [3.63, 3.8) is 0 Å². The average Bonchev–Trinajstić information content (AvgIpc) is 3.13. The van der Waals surface area contributed by atoms with E-state index in [4.69, 9.17) is 0 Å². The lowest BCUT2D eigenvalue weighted by Gasteiger charge is -2.17. The molecular weight excluding hydrogens is 285 g/mol. The summed E-state index contributed by atoms with van der Waals surface area (Å²) >= 11 is 0. The summed E-state index contributed by atoms with van der Waals surface area (Å²) in [5, 5.41) is 24.2. The number of fused-ring (bicyclic) bond motifs is 1. The van der Waals surface area contributed by atoms with E-state index in [0.29, 0.717) is 6.42 Å². The average molecular weight is 303 g/mol. The molecule has 2 N–H and O–H groups in total. The zero-order chi connectivity index (χ0) is 15.3. The molecule has 0 radical (unpaired) electrons. The van der Waals surface area contributed by atoms with Gasteiger partial charge in [0.1, 0.15) is 6.10 Å². The molecule has 0 bridgehead atoms. The van der Waals surface area contributed by atoms with E-state index in [9.17, 15) is 14.6 Å². The van der Waals surface area contributed by atoms with Gasteiger partial charge in [0.05, 0.1) is 12.6 Å². The van der Waals surface area contributed by atoms with E-state index in [2.05, 4.69) is 10.1 Å². The van der Waals surface area contributed by atoms with Gasteiger partial charge in [-0.25, -0.2) is 14.1 Å². The van der Waals surface area contributed by atoms with Gasteiger partial charge in [-0.3, -0.25) is 0 Å². The SMILES string of the molecule is OCC1(C(O)c2nc3n(n2)[C@H](c2ccccc2)C[C@@H]3F)CC1. The lowest BCUT2D eigenvalue weighted by Crippen LogP contribution is -2.20. The smallest absolute Gasteiger partial charge is 0.180 e. The number of aliphatic hydroxyl groups excluding tert-OH is 2. The molecule has 6 heteroatoms. The Hall–Kier alpha value is -1.79. The molecule has 0 spiro atoms. The van der Waals surface area contributed by atoms with Crippen LogP contribution in [0.15, 0.2) is 30.3 Å². The number of aromatic nitrogens is 3. The normalized spacial score (nSPS) is 26.7. The molecule has 2 heterocycles. The van der Waals surface area contributed by atoms with Crippen LogP contribution in [0.25, 0.3) is 0 Å². The summed E-state index contributed by atoms with van der Waals surface area (Å²) in [6.45, 7) is -0.0980. The van der Waals surface area contributed by atoms with Gasteiger partial charge in [-0.2, -0.15) is 5.10 Å². The maximum absolute atomic E-state index is 14.3. The van der Waals surface area contributed by atoms with Gasteiger partial charge in [0.15, 0.2) is 17.8 Å². The van der Waals surface area contributed by atoms with Gasteiger partial charge >= 0.3 is 0 Å². The first kappa shape index (κ1) is 13.8. The van der Waals surface area contributed by atoms with Crippen LogP contribution in [0.2, 0.25) is 0 Å². The predicted molar refractivity (Wildman–Crippen MR) is 76.8 cm³/mol. The first-order valence-corrected chi connectivity index (χ1v) is 7.59. The predicted octanol–water partition coefficient (Wildman–Crippen LogP) is 2.09. The minimum absolute atomic E-state index is 0.0980. The fourth-order valence-electron chi connectivity index (χ4n) is 3.22. The van der Waals surface area contributed by atoms with Gasteiger partial charge in [-0.15, -0.1) is 0 Å². The maximum atomic E-state index is 14.3. The molecule has 0 saturated heterocycles.